The lowest BCUT2D eigenvalue weighted by Gasteiger charge is -1.98. The first-order valence-electron chi connectivity index (χ1n) is 5.55. The molecule has 0 saturated carbocycles. The third-order valence-corrected chi connectivity index (χ3v) is 3.67. The zero-order valence-electron chi connectivity index (χ0n) is 9.85. The van der Waals surface area contributed by atoms with Crippen molar-refractivity contribution in [3.63, 3.8) is 0 Å². The Morgan fingerprint density at radius 3 is 2.78 bits per heavy atom. The van der Waals surface area contributed by atoms with Crippen LogP contribution in [-0.4, -0.2) is 17.6 Å². The lowest BCUT2D eigenvalue weighted by molar-refractivity contribution is -0.142. The molecule has 1 aromatic carbocycles. The van der Waals surface area contributed by atoms with Gasteiger partial charge in [0.15, 0.2) is 0 Å². The number of rotatable bonds is 4. The molecule has 0 amide bonds. The Morgan fingerprint density at radius 1 is 1.39 bits per heavy atom. The second-order valence-electron chi connectivity index (χ2n) is 3.62. The number of ether oxygens (including phenoxy) is 1. The number of benzene rings is 1. The maximum atomic E-state index is 11.3. The molecule has 2 rings (SSSR count). The molecule has 0 bridgehead atoms. The van der Waals surface area contributed by atoms with Crippen molar-refractivity contribution in [2.45, 2.75) is 13.3 Å². The van der Waals surface area contributed by atoms with Crippen LogP contribution in [0.3, 0.4) is 0 Å². The smallest absolute Gasteiger partial charge is 0.312 e. The summed E-state index contributed by atoms with van der Waals surface area (Å²) in [6.45, 7) is 2.21. The third kappa shape index (κ3) is 3.40. The van der Waals surface area contributed by atoms with Gasteiger partial charge in [-0.15, -0.1) is 11.3 Å². The minimum atomic E-state index is -0.228. The zero-order chi connectivity index (χ0) is 13.0. The van der Waals surface area contributed by atoms with Crippen LogP contribution in [0.4, 0.5) is 0 Å². The van der Waals surface area contributed by atoms with E-state index in [2.05, 4.69) is 20.9 Å². The fraction of sp³-hybridized carbons (Fsp3) is 0.231. The van der Waals surface area contributed by atoms with Crippen molar-refractivity contribution in [1.82, 2.24) is 4.98 Å². The van der Waals surface area contributed by atoms with Crippen molar-refractivity contribution < 1.29 is 9.53 Å². The molecule has 0 radical (unpaired) electrons. The van der Waals surface area contributed by atoms with Gasteiger partial charge in [0.2, 0.25) is 0 Å². The van der Waals surface area contributed by atoms with Crippen LogP contribution in [0.5, 0.6) is 0 Å². The standard InChI is InChI=1S/C13H12BrNO2S/c1-2-17-13(16)7-12-15-11(8-18-12)9-3-5-10(14)6-4-9/h3-6,8H,2,7H2,1H3. The number of carbonyl (C=O) groups excluding carboxylic acids is 1. The van der Waals surface area contributed by atoms with Crippen LogP contribution in [-0.2, 0) is 16.0 Å². The number of hydrogen-bond acceptors (Lipinski definition) is 4. The van der Waals surface area contributed by atoms with Gasteiger partial charge >= 0.3 is 5.97 Å². The number of halogens is 1. The summed E-state index contributed by atoms with van der Waals surface area (Å²) < 4.78 is 5.93. The highest BCUT2D eigenvalue weighted by Crippen LogP contribution is 2.23. The molecule has 1 heterocycles. The highest BCUT2D eigenvalue weighted by Gasteiger charge is 2.09. The molecule has 0 fully saturated rings. The number of thiazole rings is 1. The quantitative estimate of drug-likeness (QED) is 0.805. The molecule has 0 unspecified atom stereocenters. The van der Waals surface area contributed by atoms with Gasteiger partial charge in [0, 0.05) is 15.4 Å². The van der Waals surface area contributed by atoms with Crippen LogP contribution < -0.4 is 0 Å². The van der Waals surface area contributed by atoms with E-state index in [4.69, 9.17) is 4.74 Å². The largest absolute Gasteiger partial charge is 0.466 e. The fourth-order valence-corrected chi connectivity index (χ4v) is 2.53. The molecule has 1 aromatic heterocycles. The molecular formula is C13H12BrNO2S. The fourth-order valence-electron chi connectivity index (χ4n) is 1.48. The summed E-state index contributed by atoms with van der Waals surface area (Å²) in [5.41, 5.74) is 1.94. The summed E-state index contributed by atoms with van der Waals surface area (Å²) in [7, 11) is 0. The van der Waals surface area contributed by atoms with Crippen molar-refractivity contribution in [3.8, 4) is 11.3 Å². The Labute approximate surface area is 118 Å². The first kappa shape index (κ1) is 13.2. The highest BCUT2D eigenvalue weighted by atomic mass is 79.9. The topological polar surface area (TPSA) is 39.2 Å². The lowest BCUT2D eigenvalue weighted by Crippen LogP contribution is -2.07. The zero-order valence-corrected chi connectivity index (χ0v) is 12.3. The Morgan fingerprint density at radius 2 is 2.11 bits per heavy atom. The van der Waals surface area contributed by atoms with E-state index in [0.717, 1.165) is 20.7 Å². The molecule has 2 aromatic rings. The number of nitrogens with zero attached hydrogens (tertiary/aromatic N) is 1. The van der Waals surface area contributed by atoms with E-state index in [1.165, 1.54) is 11.3 Å². The minimum Gasteiger partial charge on any atom is -0.466 e. The van der Waals surface area contributed by atoms with Gasteiger partial charge in [-0.25, -0.2) is 4.98 Å². The molecule has 3 nitrogen and oxygen atoms in total. The second-order valence-corrected chi connectivity index (χ2v) is 5.47. The molecule has 0 aliphatic heterocycles. The molecule has 5 heteroatoms. The van der Waals surface area contributed by atoms with Crippen LogP contribution in [0.2, 0.25) is 0 Å². The van der Waals surface area contributed by atoms with Crippen LogP contribution >= 0.6 is 27.3 Å². The molecule has 0 N–H and O–H groups in total. The van der Waals surface area contributed by atoms with E-state index in [1.807, 2.05) is 29.6 Å². The highest BCUT2D eigenvalue weighted by molar-refractivity contribution is 9.10. The Bertz CT molecular complexity index is 536. The van der Waals surface area contributed by atoms with Gasteiger partial charge in [0.25, 0.3) is 0 Å². The van der Waals surface area contributed by atoms with Gasteiger partial charge in [-0.05, 0) is 19.1 Å². The average molecular weight is 326 g/mol. The number of carbonyl (C=O) groups is 1. The van der Waals surface area contributed by atoms with Gasteiger partial charge in [-0.3, -0.25) is 4.79 Å². The third-order valence-electron chi connectivity index (χ3n) is 2.29. The van der Waals surface area contributed by atoms with E-state index in [-0.39, 0.29) is 12.4 Å². The molecule has 0 atom stereocenters. The molecule has 0 saturated heterocycles. The molecular weight excluding hydrogens is 314 g/mol. The Hall–Kier alpha value is -1.20. The van der Waals surface area contributed by atoms with Crippen molar-refractivity contribution in [1.29, 1.82) is 0 Å². The van der Waals surface area contributed by atoms with E-state index in [1.54, 1.807) is 6.92 Å². The monoisotopic (exact) mass is 325 g/mol. The number of aromatic nitrogens is 1. The molecule has 18 heavy (non-hydrogen) atoms. The SMILES string of the molecule is CCOC(=O)Cc1nc(-c2ccc(Br)cc2)cs1. The maximum Gasteiger partial charge on any atom is 0.312 e. The van der Waals surface area contributed by atoms with Crippen LogP contribution in [0.1, 0.15) is 11.9 Å². The molecule has 0 aliphatic rings. The van der Waals surface area contributed by atoms with Crippen LogP contribution in [0.15, 0.2) is 34.1 Å². The van der Waals surface area contributed by atoms with Crippen LogP contribution in [0.25, 0.3) is 11.3 Å². The predicted molar refractivity (Wildman–Crippen MR) is 75.6 cm³/mol. The summed E-state index contributed by atoms with van der Waals surface area (Å²) in [5, 5.41) is 2.74. The summed E-state index contributed by atoms with van der Waals surface area (Å²) in [5.74, 6) is -0.228. The number of hydrogen-bond donors (Lipinski definition) is 0. The lowest BCUT2D eigenvalue weighted by atomic mass is 10.2. The van der Waals surface area contributed by atoms with E-state index >= 15 is 0 Å². The van der Waals surface area contributed by atoms with Crippen molar-refractivity contribution >= 4 is 33.2 Å². The summed E-state index contributed by atoms with van der Waals surface area (Å²) >= 11 is 4.87. The number of esters is 1. The summed E-state index contributed by atoms with van der Waals surface area (Å²) in [4.78, 5) is 15.8. The van der Waals surface area contributed by atoms with Gasteiger partial charge in [0.05, 0.1) is 18.7 Å². The molecule has 0 aliphatic carbocycles. The van der Waals surface area contributed by atoms with E-state index in [0.29, 0.717) is 6.61 Å². The van der Waals surface area contributed by atoms with E-state index < -0.39 is 0 Å². The van der Waals surface area contributed by atoms with Gasteiger partial charge in [-0.1, -0.05) is 28.1 Å². The predicted octanol–water partition coefficient (Wildman–Crippen LogP) is 3.68. The molecule has 94 valence electrons. The van der Waals surface area contributed by atoms with E-state index in [9.17, 15) is 4.79 Å². The van der Waals surface area contributed by atoms with Gasteiger partial charge in [-0.2, -0.15) is 0 Å². The second kappa shape index (κ2) is 6.11. The molecule has 0 spiro atoms. The normalized spacial score (nSPS) is 10.3. The average Bonchev–Trinajstić information content (AvgIpc) is 2.78. The van der Waals surface area contributed by atoms with Crippen molar-refractivity contribution in [2.75, 3.05) is 6.61 Å². The minimum absolute atomic E-state index is 0.228. The maximum absolute atomic E-state index is 11.3. The van der Waals surface area contributed by atoms with Gasteiger partial charge in [0.1, 0.15) is 5.01 Å². The summed E-state index contributed by atoms with van der Waals surface area (Å²) in [6, 6.07) is 7.93. The van der Waals surface area contributed by atoms with Crippen molar-refractivity contribution in [2.24, 2.45) is 0 Å². The Kier molecular flexibility index (Phi) is 4.49. The van der Waals surface area contributed by atoms with Gasteiger partial charge < -0.3 is 4.74 Å². The van der Waals surface area contributed by atoms with Crippen molar-refractivity contribution in [3.05, 3.63) is 39.1 Å². The summed E-state index contributed by atoms with van der Waals surface area (Å²) in [6.07, 6.45) is 0.245. The Balaban J connectivity index is 2.10. The van der Waals surface area contributed by atoms with Crippen LogP contribution in [0, 0.1) is 0 Å². The first-order chi connectivity index (χ1) is 8.69. The first-order valence-corrected chi connectivity index (χ1v) is 7.22.